The summed E-state index contributed by atoms with van der Waals surface area (Å²) in [5.41, 5.74) is 13.5. The molecule has 0 spiro atoms. The van der Waals surface area contributed by atoms with Gasteiger partial charge in [0.05, 0.1) is 22.1 Å². The molecule has 0 N–H and O–H groups in total. The number of hydrogen-bond donors (Lipinski definition) is 0. The first-order valence-corrected chi connectivity index (χ1v) is 17.3. The Kier molecular flexibility index (Phi) is 6.81. The molecule has 0 bridgehead atoms. The molecule has 10 rings (SSSR count). The van der Waals surface area contributed by atoms with Gasteiger partial charge in [0.15, 0.2) is 0 Å². The highest BCUT2D eigenvalue weighted by atomic mass is 16.3. The Balaban J connectivity index is 1.24. The van der Waals surface area contributed by atoms with Crippen LogP contribution in [0.1, 0.15) is 0 Å². The van der Waals surface area contributed by atoms with Crippen molar-refractivity contribution < 1.29 is 8.83 Å². The first-order chi connectivity index (χ1) is 25.3. The minimum absolute atomic E-state index is 0.848. The highest BCUT2D eigenvalue weighted by Gasteiger charge is 2.25. The van der Waals surface area contributed by atoms with Gasteiger partial charge in [-0.25, -0.2) is 0 Å². The molecule has 10 aromatic rings. The van der Waals surface area contributed by atoms with E-state index in [1.165, 1.54) is 16.7 Å². The number of benzene rings is 8. The molecule has 240 valence electrons. The molecular weight excluding hydrogens is 623 g/mol. The first kappa shape index (κ1) is 29.1. The van der Waals surface area contributed by atoms with Gasteiger partial charge in [-0.15, -0.1) is 0 Å². The van der Waals surface area contributed by atoms with Crippen LogP contribution < -0.4 is 4.90 Å². The molecule has 0 atom stereocenters. The fraction of sp³-hybridized carbons (Fsp3) is 0. The lowest BCUT2D eigenvalue weighted by Gasteiger charge is -2.27. The van der Waals surface area contributed by atoms with Gasteiger partial charge in [0.1, 0.15) is 22.3 Å². The van der Waals surface area contributed by atoms with Crippen molar-refractivity contribution >= 4 is 60.9 Å². The van der Waals surface area contributed by atoms with E-state index in [1.54, 1.807) is 0 Å². The van der Waals surface area contributed by atoms with Gasteiger partial charge in [0, 0.05) is 22.0 Å². The first-order valence-electron chi connectivity index (χ1n) is 17.3. The van der Waals surface area contributed by atoms with E-state index in [1.807, 2.05) is 24.3 Å². The van der Waals surface area contributed by atoms with E-state index in [4.69, 9.17) is 8.83 Å². The summed E-state index contributed by atoms with van der Waals surface area (Å²) in [5, 5.41) is 4.29. The number of nitrogens with zero attached hydrogens (tertiary/aromatic N) is 1. The summed E-state index contributed by atoms with van der Waals surface area (Å²) in [4.78, 5) is 2.37. The fourth-order valence-corrected chi connectivity index (χ4v) is 7.59. The van der Waals surface area contributed by atoms with Crippen molar-refractivity contribution in [2.24, 2.45) is 0 Å². The summed E-state index contributed by atoms with van der Waals surface area (Å²) in [6.07, 6.45) is 0. The normalized spacial score (nSPS) is 11.5. The summed E-state index contributed by atoms with van der Waals surface area (Å²) in [5.74, 6) is 0. The lowest BCUT2D eigenvalue weighted by atomic mass is 9.94. The smallest absolute Gasteiger partial charge is 0.145 e. The van der Waals surface area contributed by atoms with Crippen molar-refractivity contribution in [3.8, 4) is 33.4 Å². The lowest BCUT2D eigenvalue weighted by molar-refractivity contribution is 0.669. The van der Waals surface area contributed by atoms with Crippen LogP contribution in [0, 0.1) is 0 Å². The number of hydrogen-bond acceptors (Lipinski definition) is 3. The molecule has 0 radical (unpaired) electrons. The molecule has 2 aromatic heterocycles. The zero-order chi connectivity index (χ0) is 33.7. The topological polar surface area (TPSA) is 29.5 Å². The predicted octanol–water partition coefficient (Wildman–Crippen LogP) is 14.0. The van der Waals surface area contributed by atoms with Gasteiger partial charge in [-0.05, 0) is 76.3 Å². The quantitative estimate of drug-likeness (QED) is 0.179. The predicted molar refractivity (Wildman–Crippen MR) is 212 cm³/mol. The molecule has 3 nitrogen and oxygen atoms in total. The van der Waals surface area contributed by atoms with Gasteiger partial charge in [0.25, 0.3) is 0 Å². The summed E-state index contributed by atoms with van der Waals surface area (Å²) < 4.78 is 13.2. The molecule has 0 amide bonds. The molecule has 0 aliphatic heterocycles. The Labute approximate surface area is 295 Å². The monoisotopic (exact) mass is 653 g/mol. The molecule has 0 fully saturated rings. The van der Waals surface area contributed by atoms with Crippen molar-refractivity contribution in [3.05, 3.63) is 188 Å². The highest BCUT2D eigenvalue weighted by Crippen LogP contribution is 2.49. The van der Waals surface area contributed by atoms with E-state index < -0.39 is 0 Å². The largest absolute Gasteiger partial charge is 0.456 e. The van der Waals surface area contributed by atoms with Crippen molar-refractivity contribution in [1.29, 1.82) is 0 Å². The second kappa shape index (κ2) is 11.9. The van der Waals surface area contributed by atoms with Gasteiger partial charge in [-0.3, -0.25) is 0 Å². The van der Waals surface area contributed by atoms with Crippen LogP contribution in [0.3, 0.4) is 0 Å². The number of fused-ring (bicyclic) bond motifs is 6. The Bertz CT molecular complexity index is 2850. The van der Waals surface area contributed by atoms with Gasteiger partial charge in [-0.1, -0.05) is 140 Å². The molecular formula is C48H31NO2. The molecule has 0 saturated carbocycles. The number of furan rings is 2. The van der Waals surface area contributed by atoms with Crippen molar-refractivity contribution in [2.45, 2.75) is 0 Å². The second-order valence-corrected chi connectivity index (χ2v) is 12.8. The molecule has 0 saturated heterocycles. The number of anilines is 3. The van der Waals surface area contributed by atoms with Crippen LogP contribution in [0.5, 0.6) is 0 Å². The second-order valence-electron chi connectivity index (χ2n) is 12.8. The molecule has 8 aromatic carbocycles. The van der Waals surface area contributed by atoms with E-state index in [0.29, 0.717) is 0 Å². The molecule has 0 unspecified atom stereocenters. The Morgan fingerprint density at radius 1 is 0.314 bits per heavy atom. The molecule has 3 heteroatoms. The standard InChI is InChI=1S/C48H31NO2/c1-3-14-32(15-4-1)36-18-7-8-19-37(36)34-26-28-35(29-27-34)49(41-22-13-25-45-46(41)39-20-9-11-23-43(39)50-45)42-31-30-38(33-16-5-2-6-17-33)48-47(42)40-21-10-12-24-44(40)51-48/h1-31H. The fourth-order valence-electron chi connectivity index (χ4n) is 7.59. The van der Waals surface area contributed by atoms with E-state index in [-0.39, 0.29) is 0 Å². The highest BCUT2D eigenvalue weighted by molar-refractivity contribution is 6.19. The Hall–Kier alpha value is -6.84. The van der Waals surface area contributed by atoms with Crippen LogP contribution in [0.4, 0.5) is 17.1 Å². The minimum Gasteiger partial charge on any atom is -0.456 e. The van der Waals surface area contributed by atoms with Crippen LogP contribution in [-0.2, 0) is 0 Å². The summed E-state index contributed by atoms with van der Waals surface area (Å²) in [6, 6.07) is 66.1. The Morgan fingerprint density at radius 3 is 1.51 bits per heavy atom. The average molecular weight is 654 g/mol. The summed E-state index contributed by atoms with van der Waals surface area (Å²) in [6.45, 7) is 0. The van der Waals surface area contributed by atoms with E-state index in [9.17, 15) is 0 Å². The molecule has 0 aliphatic carbocycles. The van der Waals surface area contributed by atoms with Crippen molar-refractivity contribution in [3.63, 3.8) is 0 Å². The lowest BCUT2D eigenvalue weighted by Crippen LogP contribution is -2.11. The number of para-hydroxylation sites is 2. The van der Waals surface area contributed by atoms with Crippen LogP contribution in [0.25, 0.3) is 77.3 Å². The summed E-state index contributed by atoms with van der Waals surface area (Å²) >= 11 is 0. The third-order valence-corrected chi connectivity index (χ3v) is 9.90. The van der Waals surface area contributed by atoms with Crippen LogP contribution in [0.2, 0.25) is 0 Å². The zero-order valence-corrected chi connectivity index (χ0v) is 27.7. The molecule has 0 aliphatic rings. The van der Waals surface area contributed by atoms with Crippen LogP contribution in [0.15, 0.2) is 197 Å². The van der Waals surface area contributed by atoms with Crippen molar-refractivity contribution in [1.82, 2.24) is 0 Å². The minimum atomic E-state index is 0.848. The zero-order valence-electron chi connectivity index (χ0n) is 27.7. The van der Waals surface area contributed by atoms with Gasteiger partial charge < -0.3 is 13.7 Å². The van der Waals surface area contributed by atoms with Gasteiger partial charge in [-0.2, -0.15) is 0 Å². The molecule has 51 heavy (non-hydrogen) atoms. The Morgan fingerprint density at radius 2 is 0.824 bits per heavy atom. The average Bonchev–Trinajstić information content (AvgIpc) is 3.79. The van der Waals surface area contributed by atoms with E-state index in [2.05, 4.69) is 169 Å². The third-order valence-electron chi connectivity index (χ3n) is 9.90. The summed E-state index contributed by atoms with van der Waals surface area (Å²) in [7, 11) is 0. The third kappa shape index (κ3) is 4.82. The van der Waals surface area contributed by atoms with Crippen molar-refractivity contribution in [2.75, 3.05) is 4.90 Å². The maximum absolute atomic E-state index is 6.73. The van der Waals surface area contributed by atoms with E-state index >= 15 is 0 Å². The van der Waals surface area contributed by atoms with Crippen LogP contribution in [-0.4, -0.2) is 0 Å². The van der Waals surface area contributed by atoms with Crippen LogP contribution >= 0.6 is 0 Å². The maximum Gasteiger partial charge on any atom is 0.145 e. The maximum atomic E-state index is 6.73. The SMILES string of the molecule is c1ccc(-c2ccccc2-c2ccc(N(c3cccc4oc5ccccc5c34)c3ccc(-c4ccccc4)c4oc5ccccc5c34)cc2)cc1. The van der Waals surface area contributed by atoms with E-state index in [0.717, 1.165) is 77.6 Å². The van der Waals surface area contributed by atoms with Gasteiger partial charge >= 0.3 is 0 Å². The number of rotatable bonds is 6. The van der Waals surface area contributed by atoms with Gasteiger partial charge in [0.2, 0.25) is 0 Å². The molecule has 2 heterocycles.